The highest BCUT2D eigenvalue weighted by Gasteiger charge is 2.26. The topological polar surface area (TPSA) is 46.5 Å². The third-order valence-electron chi connectivity index (χ3n) is 3.51. The highest BCUT2D eigenvalue weighted by Crippen LogP contribution is 2.27. The molecule has 0 atom stereocenters. The Morgan fingerprint density at radius 1 is 1.37 bits per heavy atom. The van der Waals surface area contributed by atoms with Crippen LogP contribution in [0, 0.1) is 11.7 Å². The maximum absolute atomic E-state index is 13.5. The molecule has 1 aliphatic rings. The molecule has 2 rings (SSSR count). The number of aliphatic carboxylic acids is 1. The van der Waals surface area contributed by atoms with E-state index in [1.165, 1.54) is 12.1 Å². The molecule has 0 amide bonds. The zero-order chi connectivity index (χ0) is 13.8. The van der Waals surface area contributed by atoms with Gasteiger partial charge in [0.1, 0.15) is 5.82 Å². The van der Waals surface area contributed by atoms with Crippen LogP contribution in [0.1, 0.15) is 31.2 Å². The molecule has 1 saturated carbocycles. The highest BCUT2D eigenvalue weighted by atomic mass is 35.5. The van der Waals surface area contributed by atoms with Crippen LogP contribution in [0.3, 0.4) is 0 Å². The van der Waals surface area contributed by atoms with Crippen LogP contribution in [0.4, 0.5) is 4.39 Å². The molecule has 0 radical (unpaired) electrons. The van der Waals surface area contributed by atoms with Gasteiger partial charge >= 0.3 is 5.97 Å². The number of rotatable bonds is 4. The van der Waals surface area contributed by atoms with Gasteiger partial charge in [-0.2, -0.15) is 0 Å². The number of carboxylic acid groups (broad SMARTS) is 1. The average Bonchev–Trinajstić information content (AvgIpc) is 2.40. The van der Waals surface area contributed by atoms with E-state index in [0.29, 0.717) is 36.3 Å². The SMILES string of the molecule is O=C(O)C1CCC(OCc2cc(Cl)ccc2F)CC1. The van der Waals surface area contributed by atoms with Crippen LogP contribution in [0.15, 0.2) is 18.2 Å². The molecule has 0 bridgehead atoms. The summed E-state index contributed by atoms with van der Waals surface area (Å²) in [5, 5.41) is 9.38. The smallest absolute Gasteiger partial charge is 0.306 e. The second kappa shape index (κ2) is 6.35. The van der Waals surface area contributed by atoms with Crippen molar-refractivity contribution in [1.82, 2.24) is 0 Å². The Hall–Kier alpha value is -1.13. The summed E-state index contributed by atoms with van der Waals surface area (Å²) in [4.78, 5) is 10.8. The van der Waals surface area contributed by atoms with E-state index in [2.05, 4.69) is 0 Å². The first-order valence-corrected chi connectivity index (χ1v) is 6.72. The van der Waals surface area contributed by atoms with Crippen molar-refractivity contribution < 1.29 is 19.0 Å². The predicted octanol–water partition coefficient (Wildman–Crippen LogP) is 3.64. The van der Waals surface area contributed by atoms with Crippen molar-refractivity contribution in [3.8, 4) is 0 Å². The summed E-state index contributed by atoms with van der Waals surface area (Å²) in [7, 11) is 0. The maximum atomic E-state index is 13.5. The van der Waals surface area contributed by atoms with Gasteiger partial charge in [-0.1, -0.05) is 11.6 Å². The van der Waals surface area contributed by atoms with E-state index in [9.17, 15) is 9.18 Å². The minimum atomic E-state index is -0.737. The molecule has 0 aliphatic heterocycles. The summed E-state index contributed by atoms with van der Waals surface area (Å²) in [6.07, 6.45) is 2.67. The fourth-order valence-corrected chi connectivity index (χ4v) is 2.53. The third kappa shape index (κ3) is 3.91. The molecular formula is C14H16ClFO3. The first-order chi connectivity index (χ1) is 9.06. The van der Waals surface area contributed by atoms with Gasteiger partial charge in [0.25, 0.3) is 0 Å². The highest BCUT2D eigenvalue weighted by molar-refractivity contribution is 6.30. The molecule has 1 fully saturated rings. The zero-order valence-corrected chi connectivity index (χ0v) is 11.2. The van der Waals surface area contributed by atoms with Crippen LogP contribution in [0.2, 0.25) is 5.02 Å². The van der Waals surface area contributed by atoms with E-state index in [1.807, 2.05) is 0 Å². The summed E-state index contributed by atoms with van der Waals surface area (Å²) in [6, 6.07) is 4.38. The molecule has 104 valence electrons. The first kappa shape index (κ1) is 14.3. The van der Waals surface area contributed by atoms with Crippen LogP contribution < -0.4 is 0 Å². The number of hydrogen-bond acceptors (Lipinski definition) is 2. The van der Waals surface area contributed by atoms with Crippen molar-refractivity contribution in [2.24, 2.45) is 5.92 Å². The normalized spacial score (nSPS) is 23.3. The van der Waals surface area contributed by atoms with Crippen molar-refractivity contribution in [3.05, 3.63) is 34.6 Å². The molecule has 0 aromatic heterocycles. The molecule has 1 aromatic rings. The molecule has 3 nitrogen and oxygen atoms in total. The Morgan fingerprint density at radius 2 is 2.05 bits per heavy atom. The third-order valence-corrected chi connectivity index (χ3v) is 3.74. The fraction of sp³-hybridized carbons (Fsp3) is 0.500. The average molecular weight is 287 g/mol. The van der Waals surface area contributed by atoms with E-state index in [4.69, 9.17) is 21.4 Å². The van der Waals surface area contributed by atoms with Crippen molar-refractivity contribution in [2.45, 2.75) is 38.4 Å². The minimum absolute atomic E-state index is 0.00832. The number of carboxylic acids is 1. The molecule has 0 saturated heterocycles. The molecule has 5 heteroatoms. The lowest BCUT2D eigenvalue weighted by atomic mass is 9.87. The van der Waals surface area contributed by atoms with E-state index in [-0.39, 0.29) is 24.4 Å². The molecule has 19 heavy (non-hydrogen) atoms. The quantitative estimate of drug-likeness (QED) is 0.919. The van der Waals surface area contributed by atoms with Gasteiger partial charge in [0.15, 0.2) is 0 Å². The molecule has 0 unspecified atom stereocenters. The molecular weight excluding hydrogens is 271 g/mol. The van der Waals surface area contributed by atoms with Gasteiger partial charge in [-0.25, -0.2) is 4.39 Å². The van der Waals surface area contributed by atoms with Gasteiger partial charge in [-0.3, -0.25) is 4.79 Å². The first-order valence-electron chi connectivity index (χ1n) is 6.34. The molecule has 0 spiro atoms. The van der Waals surface area contributed by atoms with Gasteiger partial charge in [0.05, 0.1) is 18.6 Å². The van der Waals surface area contributed by atoms with E-state index >= 15 is 0 Å². The number of benzene rings is 1. The second-order valence-electron chi connectivity index (χ2n) is 4.86. The summed E-state index contributed by atoms with van der Waals surface area (Å²) >= 11 is 5.80. The monoisotopic (exact) mass is 286 g/mol. The van der Waals surface area contributed by atoms with Gasteiger partial charge < -0.3 is 9.84 Å². The lowest BCUT2D eigenvalue weighted by molar-refractivity contribution is -0.143. The van der Waals surface area contributed by atoms with Crippen molar-refractivity contribution in [2.75, 3.05) is 0 Å². The predicted molar refractivity (Wildman–Crippen MR) is 69.6 cm³/mol. The lowest BCUT2D eigenvalue weighted by Gasteiger charge is -2.26. The van der Waals surface area contributed by atoms with Crippen LogP contribution in [-0.4, -0.2) is 17.2 Å². The van der Waals surface area contributed by atoms with Crippen LogP contribution in [0.5, 0.6) is 0 Å². The summed E-state index contributed by atoms with van der Waals surface area (Å²) in [6.45, 7) is 0.175. The Kier molecular flexibility index (Phi) is 4.77. The molecule has 1 aromatic carbocycles. The van der Waals surface area contributed by atoms with Gasteiger partial charge in [0, 0.05) is 10.6 Å². The van der Waals surface area contributed by atoms with Crippen molar-refractivity contribution >= 4 is 17.6 Å². The number of carbonyl (C=O) groups is 1. The largest absolute Gasteiger partial charge is 0.481 e. The summed E-state index contributed by atoms with van der Waals surface area (Å²) in [5.41, 5.74) is 0.438. The fourth-order valence-electron chi connectivity index (χ4n) is 2.34. The van der Waals surface area contributed by atoms with Crippen LogP contribution >= 0.6 is 11.6 Å². The van der Waals surface area contributed by atoms with Gasteiger partial charge in [-0.05, 0) is 43.9 Å². The summed E-state index contributed by atoms with van der Waals surface area (Å²) < 4.78 is 19.1. The Labute approximate surface area is 116 Å². The van der Waals surface area contributed by atoms with Gasteiger partial charge in [0.2, 0.25) is 0 Å². The molecule has 0 heterocycles. The van der Waals surface area contributed by atoms with Gasteiger partial charge in [-0.15, -0.1) is 0 Å². The molecule has 1 aliphatic carbocycles. The van der Waals surface area contributed by atoms with E-state index in [0.717, 1.165) is 0 Å². The second-order valence-corrected chi connectivity index (χ2v) is 5.30. The maximum Gasteiger partial charge on any atom is 0.306 e. The van der Waals surface area contributed by atoms with E-state index in [1.54, 1.807) is 6.07 Å². The lowest BCUT2D eigenvalue weighted by Crippen LogP contribution is -2.26. The van der Waals surface area contributed by atoms with Crippen LogP contribution in [-0.2, 0) is 16.1 Å². The Morgan fingerprint density at radius 3 is 2.68 bits per heavy atom. The van der Waals surface area contributed by atoms with Crippen molar-refractivity contribution in [3.63, 3.8) is 0 Å². The zero-order valence-electron chi connectivity index (χ0n) is 10.4. The number of hydrogen-bond donors (Lipinski definition) is 1. The van der Waals surface area contributed by atoms with E-state index < -0.39 is 5.97 Å². The standard InChI is InChI=1S/C14H16ClFO3/c15-11-3-6-13(16)10(7-11)8-19-12-4-1-9(2-5-12)14(17)18/h3,6-7,9,12H,1-2,4-5,8H2,(H,17,18). The summed E-state index contributed by atoms with van der Waals surface area (Å²) in [5.74, 6) is -1.33. The number of ether oxygens (including phenoxy) is 1. The van der Waals surface area contributed by atoms with Crippen molar-refractivity contribution in [1.29, 1.82) is 0 Å². The molecule has 1 N–H and O–H groups in total. The number of halogens is 2. The Bertz CT molecular complexity index is 456. The van der Waals surface area contributed by atoms with Crippen LogP contribution in [0.25, 0.3) is 0 Å². The Balaban J connectivity index is 1.83. The minimum Gasteiger partial charge on any atom is -0.481 e.